The molecule has 0 saturated carbocycles. The molecule has 0 aliphatic carbocycles. The maximum absolute atomic E-state index is 9.84. The zero-order valence-corrected chi connectivity index (χ0v) is 10.8. The monoisotopic (exact) mass is 242 g/mol. The van der Waals surface area contributed by atoms with Gasteiger partial charge in [-0.1, -0.05) is 17.7 Å². The molecule has 3 nitrogen and oxygen atoms in total. The number of hydrogen-bond donors (Lipinski definition) is 2. The topological polar surface area (TPSA) is 49.5 Å². The summed E-state index contributed by atoms with van der Waals surface area (Å²) in [4.78, 5) is 1.98. The van der Waals surface area contributed by atoms with E-state index in [0.29, 0.717) is 17.3 Å². The lowest BCUT2D eigenvalue weighted by Crippen LogP contribution is -2.39. The van der Waals surface area contributed by atoms with Crippen LogP contribution in [0.5, 0.6) is 0 Å². The molecule has 1 rings (SSSR count). The number of nitrogen functional groups attached to an aromatic ring is 1. The lowest BCUT2D eigenvalue weighted by molar-refractivity contribution is 0.0876. The second kappa shape index (κ2) is 4.93. The fourth-order valence-electron chi connectivity index (χ4n) is 1.68. The summed E-state index contributed by atoms with van der Waals surface area (Å²) < 4.78 is 0. The standard InChI is InChI=1S/C12H19ClN2O/c1-4-15(8-12(2,3)16)11-9(13)6-5-7-10(11)14/h5-7,16H,4,8,14H2,1-3H3. The van der Waals surface area contributed by atoms with Crippen molar-refractivity contribution in [2.24, 2.45) is 0 Å². The van der Waals surface area contributed by atoms with Gasteiger partial charge in [0.05, 0.1) is 22.0 Å². The minimum absolute atomic E-state index is 0.497. The number of likely N-dealkylation sites (N-methyl/N-ethyl adjacent to an activating group) is 1. The summed E-state index contributed by atoms with van der Waals surface area (Å²) in [5, 5.41) is 10.5. The van der Waals surface area contributed by atoms with Crippen LogP contribution < -0.4 is 10.6 Å². The van der Waals surface area contributed by atoms with Crippen molar-refractivity contribution in [2.75, 3.05) is 23.7 Å². The molecule has 0 radical (unpaired) electrons. The van der Waals surface area contributed by atoms with E-state index in [2.05, 4.69) is 0 Å². The van der Waals surface area contributed by atoms with Crippen molar-refractivity contribution in [3.8, 4) is 0 Å². The predicted octanol–water partition coefficient (Wildman–Crippen LogP) is 2.52. The van der Waals surface area contributed by atoms with E-state index in [9.17, 15) is 5.11 Å². The van der Waals surface area contributed by atoms with E-state index < -0.39 is 5.60 Å². The Morgan fingerprint density at radius 3 is 2.50 bits per heavy atom. The van der Waals surface area contributed by atoms with Crippen molar-refractivity contribution in [3.05, 3.63) is 23.2 Å². The summed E-state index contributed by atoms with van der Waals surface area (Å²) in [7, 11) is 0. The van der Waals surface area contributed by atoms with Gasteiger partial charge in [-0.05, 0) is 32.9 Å². The highest BCUT2D eigenvalue weighted by atomic mass is 35.5. The molecule has 0 unspecified atom stereocenters. The quantitative estimate of drug-likeness (QED) is 0.798. The first-order valence-corrected chi connectivity index (χ1v) is 5.74. The normalized spacial score (nSPS) is 11.6. The summed E-state index contributed by atoms with van der Waals surface area (Å²) in [5.41, 5.74) is 6.57. The molecular formula is C12H19ClN2O. The van der Waals surface area contributed by atoms with Gasteiger partial charge in [-0.3, -0.25) is 0 Å². The molecule has 0 heterocycles. The largest absolute Gasteiger partial charge is 0.397 e. The highest BCUT2D eigenvalue weighted by Gasteiger charge is 2.20. The molecule has 1 aromatic rings. The van der Waals surface area contributed by atoms with Gasteiger partial charge in [0.15, 0.2) is 0 Å². The van der Waals surface area contributed by atoms with Gasteiger partial charge >= 0.3 is 0 Å². The third kappa shape index (κ3) is 3.29. The number of hydrogen-bond acceptors (Lipinski definition) is 3. The van der Waals surface area contributed by atoms with E-state index in [-0.39, 0.29) is 0 Å². The second-order valence-corrected chi connectivity index (χ2v) is 4.91. The second-order valence-electron chi connectivity index (χ2n) is 4.50. The number of anilines is 2. The first kappa shape index (κ1) is 13.1. The Labute approximate surface area is 102 Å². The van der Waals surface area contributed by atoms with Gasteiger partial charge in [0, 0.05) is 13.1 Å². The Hall–Kier alpha value is -0.930. The lowest BCUT2D eigenvalue weighted by atomic mass is 10.1. The van der Waals surface area contributed by atoms with Crippen LogP contribution in [-0.4, -0.2) is 23.8 Å². The summed E-state index contributed by atoms with van der Waals surface area (Å²) in [5.74, 6) is 0. The fraction of sp³-hybridized carbons (Fsp3) is 0.500. The van der Waals surface area contributed by atoms with Crippen LogP contribution in [0.1, 0.15) is 20.8 Å². The number of nitrogens with two attached hydrogens (primary N) is 1. The van der Waals surface area contributed by atoms with Crippen LogP contribution in [0, 0.1) is 0 Å². The molecule has 0 bridgehead atoms. The van der Waals surface area contributed by atoms with Crippen molar-refractivity contribution in [1.82, 2.24) is 0 Å². The SMILES string of the molecule is CCN(CC(C)(C)O)c1c(N)cccc1Cl. The molecule has 0 amide bonds. The fourth-order valence-corrected chi connectivity index (χ4v) is 1.98. The van der Waals surface area contributed by atoms with Crippen LogP contribution >= 0.6 is 11.6 Å². The first-order chi connectivity index (χ1) is 7.35. The minimum atomic E-state index is -0.776. The molecule has 16 heavy (non-hydrogen) atoms. The smallest absolute Gasteiger partial charge is 0.0790 e. The van der Waals surface area contributed by atoms with Crippen molar-refractivity contribution < 1.29 is 5.11 Å². The van der Waals surface area contributed by atoms with E-state index in [1.807, 2.05) is 24.0 Å². The minimum Gasteiger partial charge on any atom is -0.397 e. The van der Waals surface area contributed by atoms with Crippen LogP contribution in [0.4, 0.5) is 11.4 Å². The van der Waals surface area contributed by atoms with Gasteiger partial charge in [-0.15, -0.1) is 0 Å². The number of para-hydroxylation sites is 1. The molecule has 1 aromatic carbocycles. The Morgan fingerprint density at radius 1 is 1.44 bits per heavy atom. The van der Waals surface area contributed by atoms with Crippen LogP contribution in [0.2, 0.25) is 5.02 Å². The highest BCUT2D eigenvalue weighted by molar-refractivity contribution is 6.34. The van der Waals surface area contributed by atoms with Crippen LogP contribution in [0.3, 0.4) is 0 Å². The van der Waals surface area contributed by atoms with Crippen molar-refractivity contribution in [2.45, 2.75) is 26.4 Å². The van der Waals surface area contributed by atoms with Crippen molar-refractivity contribution in [1.29, 1.82) is 0 Å². The number of nitrogens with zero attached hydrogens (tertiary/aromatic N) is 1. The first-order valence-electron chi connectivity index (χ1n) is 5.36. The van der Waals surface area contributed by atoms with Gasteiger partial charge in [0.25, 0.3) is 0 Å². The van der Waals surface area contributed by atoms with Crippen molar-refractivity contribution >= 4 is 23.0 Å². The van der Waals surface area contributed by atoms with Crippen molar-refractivity contribution in [3.63, 3.8) is 0 Å². The number of halogens is 1. The van der Waals surface area contributed by atoms with Crippen LogP contribution in [-0.2, 0) is 0 Å². The molecule has 0 atom stereocenters. The predicted molar refractivity (Wildman–Crippen MR) is 70.0 cm³/mol. The molecule has 4 heteroatoms. The summed E-state index contributed by atoms with van der Waals surface area (Å²) in [6.45, 7) is 6.79. The zero-order valence-electron chi connectivity index (χ0n) is 10.00. The molecule has 0 aliphatic rings. The summed E-state index contributed by atoms with van der Waals surface area (Å²) in [6.07, 6.45) is 0. The Morgan fingerprint density at radius 2 is 2.06 bits per heavy atom. The number of aliphatic hydroxyl groups is 1. The lowest BCUT2D eigenvalue weighted by Gasteiger charge is -2.31. The molecule has 0 aliphatic heterocycles. The maximum atomic E-state index is 9.84. The molecule has 90 valence electrons. The summed E-state index contributed by atoms with van der Waals surface area (Å²) in [6, 6.07) is 5.44. The molecule has 0 spiro atoms. The molecular weight excluding hydrogens is 224 g/mol. The van der Waals surface area contributed by atoms with Gasteiger partial charge < -0.3 is 15.7 Å². The van der Waals surface area contributed by atoms with E-state index in [0.717, 1.165) is 12.2 Å². The number of benzene rings is 1. The third-order valence-electron chi connectivity index (χ3n) is 2.29. The van der Waals surface area contributed by atoms with Crippen LogP contribution in [0.25, 0.3) is 0 Å². The highest BCUT2D eigenvalue weighted by Crippen LogP contribution is 2.32. The molecule has 0 saturated heterocycles. The van der Waals surface area contributed by atoms with E-state index in [1.165, 1.54) is 0 Å². The van der Waals surface area contributed by atoms with Crippen LogP contribution in [0.15, 0.2) is 18.2 Å². The Balaban J connectivity index is 3.04. The van der Waals surface area contributed by atoms with Gasteiger partial charge in [0.2, 0.25) is 0 Å². The number of rotatable bonds is 4. The zero-order chi connectivity index (χ0) is 12.3. The summed E-state index contributed by atoms with van der Waals surface area (Å²) >= 11 is 6.13. The molecule has 3 N–H and O–H groups in total. The average molecular weight is 243 g/mol. The average Bonchev–Trinajstić information content (AvgIpc) is 2.14. The van der Waals surface area contributed by atoms with Gasteiger partial charge in [-0.25, -0.2) is 0 Å². The van der Waals surface area contributed by atoms with E-state index >= 15 is 0 Å². The Bertz CT molecular complexity index is 340. The Kier molecular flexibility index (Phi) is 4.05. The van der Waals surface area contributed by atoms with E-state index in [4.69, 9.17) is 17.3 Å². The van der Waals surface area contributed by atoms with Gasteiger partial charge in [-0.2, -0.15) is 0 Å². The third-order valence-corrected chi connectivity index (χ3v) is 2.60. The van der Waals surface area contributed by atoms with E-state index in [1.54, 1.807) is 19.9 Å². The molecule has 0 fully saturated rings. The van der Waals surface area contributed by atoms with Gasteiger partial charge in [0.1, 0.15) is 0 Å². The maximum Gasteiger partial charge on any atom is 0.0790 e. The molecule has 0 aromatic heterocycles.